The van der Waals surface area contributed by atoms with Gasteiger partial charge in [0.1, 0.15) is 0 Å². The minimum Gasteiger partial charge on any atom is -0.376 e. The number of amides is 1. The average molecular weight is 412 g/mol. The number of hydrogen-bond donors (Lipinski definition) is 2. The Labute approximate surface area is 141 Å². The first-order chi connectivity index (χ1) is 10.1. The van der Waals surface area contributed by atoms with Crippen LogP contribution in [0.1, 0.15) is 12.5 Å². The predicted molar refractivity (Wildman–Crippen MR) is 94.8 cm³/mol. The smallest absolute Gasteiger partial charge is 0.243 e. The van der Waals surface area contributed by atoms with Crippen molar-refractivity contribution in [2.24, 2.45) is 0 Å². The lowest BCUT2D eigenvalue weighted by Gasteiger charge is -2.11. The summed E-state index contributed by atoms with van der Waals surface area (Å²) in [6.07, 6.45) is 0.913. The van der Waals surface area contributed by atoms with E-state index in [4.69, 9.17) is 0 Å². The molecule has 0 aliphatic carbocycles. The summed E-state index contributed by atoms with van der Waals surface area (Å²) in [7, 11) is 0. The lowest BCUT2D eigenvalue weighted by atomic mass is 10.1. The van der Waals surface area contributed by atoms with Crippen LogP contribution in [0.3, 0.4) is 0 Å². The molecule has 0 spiro atoms. The molecule has 0 saturated heterocycles. The molecule has 0 aromatic heterocycles. The van der Waals surface area contributed by atoms with E-state index in [2.05, 4.69) is 55.5 Å². The van der Waals surface area contributed by atoms with Crippen molar-refractivity contribution in [1.29, 1.82) is 0 Å². The van der Waals surface area contributed by atoms with E-state index in [-0.39, 0.29) is 12.5 Å². The van der Waals surface area contributed by atoms with Crippen LogP contribution >= 0.6 is 31.9 Å². The first kappa shape index (κ1) is 16.0. The van der Waals surface area contributed by atoms with Crippen LogP contribution < -0.4 is 10.6 Å². The number of halogens is 2. The Bertz CT molecular complexity index is 627. The summed E-state index contributed by atoms with van der Waals surface area (Å²) in [6, 6.07) is 13.5. The summed E-state index contributed by atoms with van der Waals surface area (Å²) in [5.74, 6) is -0.0673. The molecule has 2 aromatic carbocycles. The zero-order valence-corrected chi connectivity index (χ0v) is 14.8. The molecule has 2 rings (SSSR count). The molecule has 0 bridgehead atoms. The summed E-state index contributed by atoms with van der Waals surface area (Å²) in [5.41, 5.74) is 2.96. The molecule has 110 valence electrons. The van der Waals surface area contributed by atoms with Gasteiger partial charge in [-0.1, -0.05) is 38.8 Å². The summed E-state index contributed by atoms with van der Waals surface area (Å²) in [6.45, 7) is 2.33. The van der Waals surface area contributed by atoms with Crippen molar-refractivity contribution < 1.29 is 4.79 Å². The fourth-order valence-corrected chi connectivity index (χ4v) is 2.61. The van der Waals surface area contributed by atoms with Crippen LogP contribution in [-0.4, -0.2) is 12.5 Å². The maximum absolute atomic E-state index is 11.9. The number of carbonyl (C=O) groups excluding carboxylic acids is 1. The first-order valence-electron chi connectivity index (χ1n) is 6.66. The maximum Gasteiger partial charge on any atom is 0.243 e. The van der Waals surface area contributed by atoms with Gasteiger partial charge < -0.3 is 10.6 Å². The third-order valence-corrected chi connectivity index (χ3v) is 4.04. The molecule has 21 heavy (non-hydrogen) atoms. The Morgan fingerprint density at radius 3 is 2.38 bits per heavy atom. The van der Waals surface area contributed by atoms with E-state index in [0.29, 0.717) is 0 Å². The normalized spacial score (nSPS) is 10.2. The van der Waals surface area contributed by atoms with Crippen LogP contribution in [0, 0.1) is 0 Å². The van der Waals surface area contributed by atoms with Crippen molar-refractivity contribution in [3.63, 3.8) is 0 Å². The first-order valence-corrected chi connectivity index (χ1v) is 8.25. The molecule has 0 radical (unpaired) electrons. The highest BCUT2D eigenvalue weighted by Gasteiger charge is 2.05. The van der Waals surface area contributed by atoms with E-state index in [1.54, 1.807) is 0 Å². The van der Waals surface area contributed by atoms with E-state index in [0.717, 1.165) is 26.7 Å². The summed E-state index contributed by atoms with van der Waals surface area (Å²) in [5, 5.41) is 6.04. The van der Waals surface area contributed by atoms with Crippen molar-refractivity contribution in [2.75, 3.05) is 17.2 Å². The van der Waals surface area contributed by atoms with E-state index < -0.39 is 0 Å². The highest BCUT2D eigenvalue weighted by molar-refractivity contribution is 9.10. The molecule has 0 heterocycles. The second-order valence-electron chi connectivity index (χ2n) is 4.56. The average Bonchev–Trinajstić information content (AvgIpc) is 2.48. The zero-order valence-electron chi connectivity index (χ0n) is 11.6. The predicted octanol–water partition coefficient (Wildman–Crippen LogP) is 4.82. The minimum absolute atomic E-state index is 0.0673. The number of rotatable bonds is 5. The minimum atomic E-state index is -0.0673. The fourth-order valence-electron chi connectivity index (χ4n) is 1.94. The number of benzene rings is 2. The summed E-state index contributed by atoms with van der Waals surface area (Å²) in [4.78, 5) is 11.9. The second kappa shape index (κ2) is 7.61. The highest BCUT2D eigenvalue weighted by atomic mass is 79.9. The topological polar surface area (TPSA) is 41.1 Å². The van der Waals surface area contributed by atoms with E-state index >= 15 is 0 Å². The maximum atomic E-state index is 11.9. The molecular weight excluding hydrogens is 396 g/mol. The standard InChI is InChI=1S/C16H16Br2N2O/c1-2-11-9-13(18)5-8-15(11)19-10-16(21)20-14-6-3-12(17)4-7-14/h3-9,19H,2,10H2,1H3,(H,20,21). The van der Waals surface area contributed by atoms with Crippen LogP contribution in [0.15, 0.2) is 51.4 Å². The number of nitrogens with one attached hydrogen (secondary N) is 2. The Balaban J connectivity index is 1.93. The van der Waals surface area contributed by atoms with Gasteiger partial charge in [-0.25, -0.2) is 0 Å². The van der Waals surface area contributed by atoms with E-state index in [1.807, 2.05) is 36.4 Å². The molecule has 0 atom stereocenters. The van der Waals surface area contributed by atoms with Gasteiger partial charge in [-0.2, -0.15) is 0 Å². The quantitative estimate of drug-likeness (QED) is 0.740. The van der Waals surface area contributed by atoms with Crippen LogP contribution in [0.4, 0.5) is 11.4 Å². The van der Waals surface area contributed by atoms with Crippen LogP contribution in [0.5, 0.6) is 0 Å². The van der Waals surface area contributed by atoms with Gasteiger partial charge in [0.05, 0.1) is 6.54 Å². The molecule has 5 heteroatoms. The Hall–Kier alpha value is -1.33. The van der Waals surface area contributed by atoms with E-state index in [1.165, 1.54) is 5.56 Å². The Kier molecular flexibility index (Phi) is 5.82. The summed E-state index contributed by atoms with van der Waals surface area (Å²) >= 11 is 6.82. The molecule has 0 saturated carbocycles. The molecule has 3 nitrogen and oxygen atoms in total. The Morgan fingerprint density at radius 1 is 1.05 bits per heavy atom. The lowest BCUT2D eigenvalue weighted by Crippen LogP contribution is -2.22. The van der Waals surface area contributed by atoms with Gasteiger partial charge >= 0.3 is 0 Å². The third-order valence-electron chi connectivity index (χ3n) is 3.02. The fraction of sp³-hybridized carbons (Fsp3) is 0.188. The Morgan fingerprint density at radius 2 is 1.71 bits per heavy atom. The second-order valence-corrected chi connectivity index (χ2v) is 6.39. The third kappa shape index (κ3) is 4.86. The number of aryl methyl sites for hydroxylation is 1. The summed E-state index contributed by atoms with van der Waals surface area (Å²) < 4.78 is 2.03. The van der Waals surface area contributed by atoms with Crippen molar-refractivity contribution >= 4 is 49.1 Å². The van der Waals surface area contributed by atoms with Gasteiger partial charge in [-0.15, -0.1) is 0 Å². The molecule has 0 fully saturated rings. The molecule has 2 N–H and O–H groups in total. The highest BCUT2D eigenvalue weighted by Crippen LogP contribution is 2.21. The van der Waals surface area contributed by atoms with Gasteiger partial charge in [-0.3, -0.25) is 4.79 Å². The molecule has 0 unspecified atom stereocenters. The molecular formula is C16H16Br2N2O. The number of hydrogen-bond acceptors (Lipinski definition) is 2. The molecule has 0 aliphatic heterocycles. The van der Waals surface area contributed by atoms with Crippen molar-refractivity contribution in [2.45, 2.75) is 13.3 Å². The lowest BCUT2D eigenvalue weighted by molar-refractivity contribution is -0.114. The largest absolute Gasteiger partial charge is 0.376 e. The number of anilines is 2. The molecule has 2 aromatic rings. The monoisotopic (exact) mass is 410 g/mol. The molecule has 1 amide bonds. The van der Waals surface area contributed by atoms with Crippen LogP contribution in [0.2, 0.25) is 0 Å². The SMILES string of the molecule is CCc1cc(Br)ccc1NCC(=O)Nc1ccc(Br)cc1. The number of carbonyl (C=O) groups is 1. The van der Waals surface area contributed by atoms with Crippen LogP contribution in [0.25, 0.3) is 0 Å². The molecule has 0 aliphatic rings. The van der Waals surface area contributed by atoms with Crippen molar-refractivity contribution in [3.05, 3.63) is 57.0 Å². The van der Waals surface area contributed by atoms with Gasteiger partial charge in [-0.05, 0) is 54.4 Å². The van der Waals surface area contributed by atoms with Gasteiger partial charge in [0, 0.05) is 20.3 Å². The van der Waals surface area contributed by atoms with Crippen molar-refractivity contribution in [3.8, 4) is 0 Å². The van der Waals surface area contributed by atoms with E-state index in [9.17, 15) is 4.79 Å². The van der Waals surface area contributed by atoms with Crippen molar-refractivity contribution in [1.82, 2.24) is 0 Å². The van der Waals surface area contributed by atoms with Gasteiger partial charge in [0.15, 0.2) is 0 Å². The zero-order chi connectivity index (χ0) is 15.2. The van der Waals surface area contributed by atoms with Gasteiger partial charge in [0.25, 0.3) is 0 Å². The van der Waals surface area contributed by atoms with Gasteiger partial charge in [0.2, 0.25) is 5.91 Å². The van der Waals surface area contributed by atoms with Crippen LogP contribution in [-0.2, 0) is 11.2 Å².